The smallest absolute Gasteiger partial charge is 0.329 e. The van der Waals surface area contributed by atoms with Crippen LogP contribution in [0.15, 0.2) is 52.7 Å². The van der Waals surface area contributed by atoms with Gasteiger partial charge in [-0.3, -0.25) is 19.2 Å². The summed E-state index contributed by atoms with van der Waals surface area (Å²) < 4.78 is 30.4. The number of fused-ring (bicyclic) bond motifs is 3. The van der Waals surface area contributed by atoms with Crippen LogP contribution in [0.4, 0.5) is 0 Å². The Morgan fingerprint density at radius 2 is 1.62 bits per heavy atom. The highest BCUT2D eigenvalue weighted by Gasteiger charge is 2.53. The standard InChI is InChI=1S/C55H87N5O13/c1-34-18-12-11-13-19-35(2)46(69-7)32-41-23-21-39(6)55(68,73-41)52(65)53(66)60-26-16-14-20-43(60)54(67)72-47(33-44(61)36(3)29-38(5)50(63)51(64)49(62)37(4)28-34)42(56)30-40-22-24-45(48(31-40)70-8)71-27-17-10-9-15-25-58-59-57/h11-13,18-19,29,34,36-37,39-43,45-48,50-51,63-64,68H,9-10,14-17,20-28,30-33,56H2,1-8H3/b13-11?,18-12+,35-19?,38-29+/t34-,36-,37-,39-,40+,41+,42-,43+,45-,46+,47+,48-,50-,51+,55-/m1/s1. The number of ketones is 3. The number of azide groups is 1. The fourth-order valence-electron chi connectivity index (χ4n) is 10.8. The molecule has 0 spiro atoms. The van der Waals surface area contributed by atoms with Crippen molar-refractivity contribution in [3.63, 3.8) is 0 Å². The van der Waals surface area contributed by atoms with Crippen molar-refractivity contribution >= 4 is 29.2 Å². The maximum atomic E-state index is 14.5. The van der Waals surface area contributed by atoms with Gasteiger partial charge in [-0.15, -0.1) is 0 Å². The van der Waals surface area contributed by atoms with Crippen LogP contribution in [0.3, 0.4) is 0 Å². The van der Waals surface area contributed by atoms with E-state index in [1.54, 1.807) is 35.0 Å². The Morgan fingerprint density at radius 1 is 0.877 bits per heavy atom. The zero-order chi connectivity index (χ0) is 53.8. The number of esters is 1. The number of nitrogens with zero attached hydrogens (tertiary/aromatic N) is 4. The molecule has 0 aromatic carbocycles. The van der Waals surface area contributed by atoms with E-state index in [0.29, 0.717) is 70.9 Å². The van der Waals surface area contributed by atoms with E-state index in [1.807, 2.05) is 44.2 Å². The molecule has 3 fully saturated rings. The van der Waals surface area contributed by atoms with Crippen molar-refractivity contribution in [3.05, 3.63) is 58.0 Å². The van der Waals surface area contributed by atoms with Crippen LogP contribution >= 0.6 is 0 Å². The number of carbonyl (C=O) groups excluding carboxylic acids is 5. The summed E-state index contributed by atoms with van der Waals surface area (Å²) in [5.74, 6) is -8.67. The largest absolute Gasteiger partial charge is 0.459 e. The van der Waals surface area contributed by atoms with Crippen molar-refractivity contribution in [2.45, 2.75) is 205 Å². The van der Waals surface area contributed by atoms with E-state index in [2.05, 4.69) is 10.0 Å². The van der Waals surface area contributed by atoms with Crippen LogP contribution in [0.5, 0.6) is 0 Å². The molecule has 4 aliphatic rings. The molecule has 1 aliphatic carbocycles. The van der Waals surface area contributed by atoms with Crippen molar-refractivity contribution in [3.8, 4) is 0 Å². The van der Waals surface area contributed by atoms with E-state index in [0.717, 1.165) is 42.6 Å². The molecule has 4 rings (SSSR count). The second kappa shape index (κ2) is 30.5. The number of allylic oxidation sites excluding steroid dienone is 6. The SMILES string of the molecule is CO[C@H]1C[C@@H]2CC[C@@H](C)[C@@](O)(O2)C(=O)C(=O)N2CCCC[C@H]2C(=O)O[C@H]([C@H](N)C[C@@H]2CC[C@@H](OCCCCCCN=[N+]=[N-])[C@H](OC)C2)CC(=O)[C@H](C)/C=C(\C)[C@@H](O)[C@@H](O)C(=O)[C@H](C)C[C@H](C)/C=C/C=CC=C1C. The van der Waals surface area contributed by atoms with Gasteiger partial charge in [0, 0.05) is 75.5 Å². The molecule has 73 heavy (non-hydrogen) atoms. The fraction of sp³-hybridized carbons (Fsp3) is 0.764. The lowest BCUT2D eigenvalue weighted by Crippen LogP contribution is -2.61. The summed E-state index contributed by atoms with van der Waals surface area (Å²) in [4.78, 5) is 74.6. The molecule has 0 aromatic heterocycles. The van der Waals surface area contributed by atoms with Crippen molar-refractivity contribution in [1.82, 2.24) is 4.90 Å². The number of hydrogen-bond donors (Lipinski definition) is 4. The van der Waals surface area contributed by atoms with Gasteiger partial charge in [-0.1, -0.05) is 82.1 Å². The quantitative estimate of drug-likeness (QED) is 0.0272. The molecule has 1 saturated carbocycles. The van der Waals surface area contributed by atoms with Crippen molar-refractivity contribution in [2.75, 3.05) is 33.9 Å². The fourth-order valence-corrected chi connectivity index (χ4v) is 10.8. The normalized spacial score (nSPS) is 36.0. The Labute approximate surface area is 433 Å². The Balaban J connectivity index is 1.62. The topological polar surface area (TPSA) is 270 Å². The number of methoxy groups -OCH3 is 2. The summed E-state index contributed by atoms with van der Waals surface area (Å²) >= 11 is 0. The summed E-state index contributed by atoms with van der Waals surface area (Å²) in [6.07, 6.45) is 13.4. The molecule has 1 amide bonds. The van der Waals surface area contributed by atoms with Gasteiger partial charge in [-0.25, -0.2) is 4.79 Å². The third-order valence-electron chi connectivity index (χ3n) is 15.5. The first kappa shape index (κ1) is 61.4. The molecule has 410 valence electrons. The lowest BCUT2D eigenvalue weighted by Gasteiger charge is -2.42. The number of aliphatic hydroxyl groups excluding tert-OH is 2. The minimum atomic E-state index is -2.46. The Morgan fingerprint density at radius 3 is 2.33 bits per heavy atom. The molecule has 5 N–H and O–H groups in total. The van der Waals surface area contributed by atoms with Crippen molar-refractivity contribution < 1.29 is 63.0 Å². The summed E-state index contributed by atoms with van der Waals surface area (Å²) in [6.45, 7) is 11.4. The predicted octanol–water partition coefficient (Wildman–Crippen LogP) is 7.11. The lowest BCUT2D eigenvalue weighted by molar-refractivity contribution is -0.265. The number of nitrogens with two attached hydrogens (primary N) is 1. The van der Waals surface area contributed by atoms with Crippen LogP contribution in [-0.2, 0) is 47.7 Å². The number of amides is 1. The van der Waals surface area contributed by atoms with Gasteiger partial charge >= 0.3 is 5.97 Å². The highest BCUT2D eigenvalue weighted by atomic mass is 16.6. The van der Waals surface area contributed by atoms with Gasteiger partial charge in [0.2, 0.25) is 5.79 Å². The molecule has 15 atom stereocenters. The van der Waals surface area contributed by atoms with Crippen LogP contribution in [-0.4, -0.2) is 144 Å². The minimum absolute atomic E-state index is 0.0161. The van der Waals surface area contributed by atoms with E-state index in [1.165, 1.54) is 13.0 Å². The van der Waals surface area contributed by atoms with E-state index >= 15 is 0 Å². The molecule has 2 saturated heterocycles. The van der Waals surface area contributed by atoms with Crippen molar-refractivity contribution in [2.24, 2.45) is 40.4 Å². The van der Waals surface area contributed by atoms with Gasteiger partial charge in [0.1, 0.15) is 30.1 Å². The zero-order valence-electron chi connectivity index (χ0n) is 44.8. The van der Waals surface area contributed by atoms with Gasteiger partial charge in [0.15, 0.2) is 5.78 Å². The first-order chi connectivity index (χ1) is 34.7. The molecule has 0 unspecified atom stereocenters. The first-order valence-corrected chi connectivity index (χ1v) is 26.8. The van der Waals surface area contributed by atoms with Crippen LogP contribution < -0.4 is 5.73 Å². The highest BCUT2D eigenvalue weighted by Crippen LogP contribution is 2.37. The molecular weight excluding hydrogens is 939 g/mol. The first-order valence-electron chi connectivity index (χ1n) is 26.8. The van der Waals surface area contributed by atoms with E-state index < -0.39 is 89.6 Å². The number of cyclic esters (lactones) is 1. The number of rotatable bonds is 13. The second-order valence-electron chi connectivity index (χ2n) is 21.3. The third-order valence-corrected chi connectivity index (χ3v) is 15.5. The van der Waals surface area contributed by atoms with E-state index in [4.69, 9.17) is 34.9 Å². The number of ether oxygens (including phenoxy) is 5. The van der Waals surface area contributed by atoms with Crippen LogP contribution in [0.2, 0.25) is 0 Å². The third kappa shape index (κ3) is 18.0. The summed E-state index contributed by atoms with van der Waals surface area (Å²) in [5.41, 5.74) is 16.5. The molecule has 2 bridgehead atoms. The Kier molecular flexibility index (Phi) is 25.6. The maximum absolute atomic E-state index is 14.5. The van der Waals surface area contributed by atoms with Gasteiger partial charge in [-0.2, -0.15) is 0 Å². The van der Waals surface area contributed by atoms with Gasteiger partial charge in [0.25, 0.3) is 11.7 Å². The molecule has 18 heteroatoms. The molecule has 0 aromatic rings. The van der Waals surface area contributed by atoms with Crippen LogP contribution in [0, 0.1) is 29.6 Å². The maximum Gasteiger partial charge on any atom is 0.329 e. The number of unbranched alkanes of at least 4 members (excludes halogenated alkanes) is 3. The predicted molar refractivity (Wildman–Crippen MR) is 275 cm³/mol. The number of piperidine rings is 1. The number of carbonyl (C=O) groups is 5. The van der Waals surface area contributed by atoms with Gasteiger partial charge < -0.3 is 49.6 Å². The molecule has 0 radical (unpaired) electrons. The molecule has 18 nitrogen and oxygen atoms in total. The average Bonchev–Trinajstić information content (AvgIpc) is 3.37. The Hall–Kier alpha value is -4.10. The number of aliphatic hydroxyl groups is 3. The highest BCUT2D eigenvalue weighted by molar-refractivity contribution is 6.39. The molecule has 3 heterocycles. The summed E-state index contributed by atoms with van der Waals surface area (Å²) in [7, 11) is 3.20. The summed E-state index contributed by atoms with van der Waals surface area (Å²) in [6, 6.07) is -2.06. The van der Waals surface area contributed by atoms with Crippen LogP contribution in [0.1, 0.15) is 144 Å². The number of Topliss-reactive ketones (excluding diaryl/α,β-unsaturated/α-hetero) is 3. The summed E-state index contributed by atoms with van der Waals surface area (Å²) in [5, 5.41) is 37.8. The van der Waals surface area contributed by atoms with Crippen LogP contribution in [0.25, 0.3) is 10.4 Å². The van der Waals surface area contributed by atoms with Gasteiger partial charge in [-0.05, 0) is 119 Å². The average molecular weight is 1030 g/mol. The zero-order valence-corrected chi connectivity index (χ0v) is 44.8. The monoisotopic (exact) mass is 1030 g/mol. The molecule has 3 aliphatic heterocycles. The second-order valence-corrected chi connectivity index (χ2v) is 21.3. The van der Waals surface area contributed by atoms with Gasteiger partial charge in [0.05, 0.1) is 24.4 Å². The van der Waals surface area contributed by atoms with E-state index in [9.17, 15) is 39.3 Å². The number of hydrogen-bond acceptors (Lipinski definition) is 15. The Bertz CT molecular complexity index is 2000. The van der Waals surface area contributed by atoms with E-state index in [-0.39, 0.29) is 54.8 Å². The minimum Gasteiger partial charge on any atom is -0.459 e. The molecular formula is C55H87N5O13. The lowest BCUT2D eigenvalue weighted by atomic mass is 9.80. The van der Waals surface area contributed by atoms with Crippen molar-refractivity contribution in [1.29, 1.82) is 0 Å².